The molecule has 0 radical (unpaired) electrons. The Bertz CT molecular complexity index is 496. The number of rotatable bonds is 5. The van der Waals surface area contributed by atoms with Crippen LogP contribution >= 0.6 is 11.6 Å². The minimum Gasteiger partial charge on any atom is -0.378 e. The van der Waals surface area contributed by atoms with Gasteiger partial charge in [-0.15, -0.1) is 0 Å². The first-order chi connectivity index (χ1) is 9.71. The third kappa shape index (κ3) is 3.49. The van der Waals surface area contributed by atoms with E-state index in [9.17, 15) is 8.78 Å². The molecule has 1 aromatic rings. The van der Waals surface area contributed by atoms with Crippen LogP contribution < -0.4 is 5.32 Å². The van der Waals surface area contributed by atoms with E-state index in [0.717, 1.165) is 18.6 Å². The fourth-order valence-electron chi connectivity index (χ4n) is 2.58. The third-order valence-electron chi connectivity index (χ3n) is 4.13. The van der Waals surface area contributed by atoms with Crippen LogP contribution in [0.5, 0.6) is 0 Å². The first-order valence-electron chi connectivity index (χ1n) is 7.24. The van der Waals surface area contributed by atoms with Gasteiger partial charge < -0.3 is 10.1 Å². The summed E-state index contributed by atoms with van der Waals surface area (Å²) in [5.41, 5.74) is 0.0393. The Morgan fingerprint density at radius 3 is 2.57 bits per heavy atom. The fourth-order valence-corrected chi connectivity index (χ4v) is 2.83. The molecule has 0 aromatic heterocycles. The van der Waals surface area contributed by atoms with Crippen molar-refractivity contribution in [3.8, 4) is 0 Å². The molecule has 1 fully saturated rings. The van der Waals surface area contributed by atoms with E-state index in [2.05, 4.69) is 33.0 Å². The molecule has 0 spiro atoms. The van der Waals surface area contributed by atoms with Gasteiger partial charge >= 0.3 is 0 Å². The molecule has 5 heteroatoms. The Labute approximate surface area is 129 Å². The van der Waals surface area contributed by atoms with Crippen LogP contribution in [-0.2, 0) is 4.74 Å². The van der Waals surface area contributed by atoms with E-state index in [1.807, 2.05) is 0 Å². The van der Waals surface area contributed by atoms with Crippen molar-refractivity contribution >= 4 is 17.3 Å². The molecule has 1 aliphatic carbocycles. The van der Waals surface area contributed by atoms with Crippen molar-refractivity contribution in [2.45, 2.75) is 46.3 Å². The van der Waals surface area contributed by atoms with Gasteiger partial charge in [-0.05, 0) is 18.4 Å². The standard InChI is InChI=1S/C16H22ClF2NO/c1-9(2)8-21-14-7-13(16(14,3)4)20-15-11(17)5-10(18)6-12(15)19/h5-6,9,13-14,20H,7-8H2,1-4H3. The molecule has 2 unspecified atom stereocenters. The number of benzene rings is 1. The van der Waals surface area contributed by atoms with Crippen molar-refractivity contribution in [2.75, 3.05) is 11.9 Å². The average molecular weight is 318 g/mol. The summed E-state index contributed by atoms with van der Waals surface area (Å²) in [6.45, 7) is 9.08. The lowest BCUT2D eigenvalue weighted by atomic mass is 9.64. The molecular formula is C16H22ClF2NO. The van der Waals surface area contributed by atoms with Crippen LogP contribution in [0.1, 0.15) is 34.1 Å². The Hall–Kier alpha value is -0.870. The molecule has 1 aromatic carbocycles. The molecule has 2 atom stereocenters. The van der Waals surface area contributed by atoms with Crippen LogP contribution in [-0.4, -0.2) is 18.8 Å². The van der Waals surface area contributed by atoms with Crippen molar-refractivity contribution in [3.05, 3.63) is 28.8 Å². The highest BCUT2D eigenvalue weighted by Crippen LogP contribution is 2.45. The summed E-state index contributed by atoms with van der Waals surface area (Å²) < 4.78 is 32.8. The zero-order valence-electron chi connectivity index (χ0n) is 12.8. The molecule has 0 bridgehead atoms. The van der Waals surface area contributed by atoms with E-state index in [0.29, 0.717) is 12.5 Å². The molecule has 2 rings (SSSR count). The lowest BCUT2D eigenvalue weighted by Gasteiger charge is -2.52. The molecule has 2 nitrogen and oxygen atoms in total. The van der Waals surface area contributed by atoms with Crippen LogP contribution in [0.15, 0.2) is 12.1 Å². The van der Waals surface area contributed by atoms with Gasteiger partial charge in [0, 0.05) is 24.1 Å². The third-order valence-corrected chi connectivity index (χ3v) is 4.43. The van der Waals surface area contributed by atoms with E-state index in [1.54, 1.807) is 0 Å². The summed E-state index contributed by atoms with van der Waals surface area (Å²) >= 11 is 5.92. The molecule has 118 valence electrons. The summed E-state index contributed by atoms with van der Waals surface area (Å²) in [5, 5.41) is 3.16. The van der Waals surface area contributed by atoms with Crippen LogP contribution in [0, 0.1) is 23.0 Å². The summed E-state index contributed by atoms with van der Waals surface area (Å²) in [7, 11) is 0. The first-order valence-corrected chi connectivity index (χ1v) is 7.62. The van der Waals surface area contributed by atoms with Crippen LogP contribution in [0.3, 0.4) is 0 Å². The van der Waals surface area contributed by atoms with Gasteiger partial charge in [-0.2, -0.15) is 0 Å². The number of ether oxygens (including phenoxy) is 1. The number of anilines is 1. The van der Waals surface area contributed by atoms with Crippen molar-refractivity contribution < 1.29 is 13.5 Å². The van der Waals surface area contributed by atoms with Crippen LogP contribution in [0.4, 0.5) is 14.5 Å². The normalized spacial score (nSPS) is 24.0. The first kappa shape index (κ1) is 16.5. The van der Waals surface area contributed by atoms with Gasteiger partial charge in [0.2, 0.25) is 0 Å². The smallest absolute Gasteiger partial charge is 0.150 e. The Morgan fingerprint density at radius 2 is 2.05 bits per heavy atom. The highest BCUT2D eigenvalue weighted by Gasteiger charge is 2.49. The molecule has 0 heterocycles. The monoisotopic (exact) mass is 317 g/mol. The van der Waals surface area contributed by atoms with Gasteiger partial charge in [-0.3, -0.25) is 0 Å². The second-order valence-corrected chi connectivity index (χ2v) is 7.12. The quantitative estimate of drug-likeness (QED) is 0.836. The van der Waals surface area contributed by atoms with Gasteiger partial charge in [0.25, 0.3) is 0 Å². The van der Waals surface area contributed by atoms with Gasteiger partial charge in [0.15, 0.2) is 5.82 Å². The largest absolute Gasteiger partial charge is 0.378 e. The topological polar surface area (TPSA) is 21.3 Å². The molecule has 0 amide bonds. The molecule has 0 saturated heterocycles. The molecule has 1 aliphatic rings. The second-order valence-electron chi connectivity index (χ2n) is 6.71. The van der Waals surface area contributed by atoms with Gasteiger partial charge in [0.05, 0.1) is 16.8 Å². The molecule has 0 aliphatic heterocycles. The second kappa shape index (κ2) is 6.09. The predicted octanol–water partition coefficient (Wildman–Crippen LogP) is 4.87. The zero-order valence-corrected chi connectivity index (χ0v) is 13.6. The predicted molar refractivity (Wildman–Crippen MR) is 81.8 cm³/mol. The summed E-state index contributed by atoms with van der Waals surface area (Å²) in [5.74, 6) is -0.854. The molecule has 21 heavy (non-hydrogen) atoms. The van der Waals surface area contributed by atoms with E-state index < -0.39 is 11.6 Å². The van der Waals surface area contributed by atoms with E-state index >= 15 is 0 Å². The Kier molecular flexibility index (Phi) is 4.79. The average Bonchev–Trinajstić information content (AvgIpc) is 2.34. The van der Waals surface area contributed by atoms with Crippen LogP contribution in [0.25, 0.3) is 0 Å². The number of hydrogen-bond donors (Lipinski definition) is 1. The van der Waals surface area contributed by atoms with Crippen molar-refractivity contribution in [1.82, 2.24) is 0 Å². The van der Waals surface area contributed by atoms with Crippen molar-refractivity contribution in [1.29, 1.82) is 0 Å². The van der Waals surface area contributed by atoms with Gasteiger partial charge in [-0.1, -0.05) is 39.3 Å². The number of hydrogen-bond acceptors (Lipinski definition) is 2. The minimum atomic E-state index is -0.672. The highest BCUT2D eigenvalue weighted by atomic mass is 35.5. The van der Waals surface area contributed by atoms with Crippen LogP contribution in [0.2, 0.25) is 5.02 Å². The zero-order chi connectivity index (χ0) is 15.8. The maximum Gasteiger partial charge on any atom is 0.150 e. The van der Waals surface area contributed by atoms with Crippen molar-refractivity contribution in [2.24, 2.45) is 11.3 Å². The molecular weight excluding hydrogens is 296 g/mol. The minimum absolute atomic E-state index is 0.0483. The molecule has 1 N–H and O–H groups in total. The van der Waals surface area contributed by atoms with Gasteiger partial charge in [-0.25, -0.2) is 8.78 Å². The highest BCUT2D eigenvalue weighted by molar-refractivity contribution is 6.33. The maximum absolute atomic E-state index is 13.8. The van der Waals surface area contributed by atoms with E-state index in [-0.39, 0.29) is 28.3 Å². The Balaban J connectivity index is 2.03. The summed E-state index contributed by atoms with van der Waals surface area (Å²) in [4.78, 5) is 0. The lowest BCUT2D eigenvalue weighted by Crippen LogP contribution is -2.58. The molecule has 1 saturated carbocycles. The van der Waals surface area contributed by atoms with E-state index in [4.69, 9.17) is 16.3 Å². The number of halogens is 3. The number of nitrogens with one attached hydrogen (secondary N) is 1. The lowest BCUT2D eigenvalue weighted by molar-refractivity contribution is -0.108. The summed E-state index contributed by atoms with van der Waals surface area (Å²) in [6, 6.07) is 2.00. The SMILES string of the molecule is CC(C)COC1CC(Nc2c(F)cc(F)cc2Cl)C1(C)C. The van der Waals surface area contributed by atoms with E-state index in [1.165, 1.54) is 0 Å². The van der Waals surface area contributed by atoms with Gasteiger partial charge in [0.1, 0.15) is 5.82 Å². The summed E-state index contributed by atoms with van der Waals surface area (Å²) in [6.07, 6.45) is 0.923. The maximum atomic E-state index is 13.8. The Morgan fingerprint density at radius 1 is 1.38 bits per heavy atom. The van der Waals surface area contributed by atoms with Crippen molar-refractivity contribution in [3.63, 3.8) is 0 Å². The fraction of sp³-hybridized carbons (Fsp3) is 0.625.